The number of benzene rings is 3. The van der Waals surface area contributed by atoms with Crippen molar-refractivity contribution in [3.05, 3.63) is 59.7 Å². The molecule has 1 saturated heterocycles. The molecule has 29 heavy (non-hydrogen) atoms. The summed E-state index contributed by atoms with van der Waals surface area (Å²) in [4.78, 5) is 25.8. The van der Waals surface area contributed by atoms with Crippen molar-refractivity contribution >= 4 is 55.4 Å². The largest absolute Gasteiger partial charge is 0.351 e. The second kappa shape index (κ2) is 4.85. The Kier molecular flexibility index (Phi) is 2.56. The van der Waals surface area contributed by atoms with Crippen LogP contribution in [0.4, 0.5) is 0 Å². The molecule has 7 rings (SSSR count). The molecule has 0 aliphatic carbocycles. The molecule has 2 amide bonds. The number of aryl methyl sites for hydroxylation is 1. The molecule has 0 saturated carbocycles. The highest BCUT2D eigenvalue weighted by molar-refractivity contribution is 6.39. The molecule has 1 atom stereocenters. The first kappa shape index (κ1) is 15.3. The van der Waals surface area contributed by atoms with E-state index in [9.17, 15) is 9.59 Å². The molecule has 2 aromatic heterocycles. The molecule has 6 heteroatoms. The van der Waals surface area contributed by atoms with Crippen LogP contribution in [0.2, 0.25) is 0 Å². The summed E-state index contributed by atoms with van der Waals surface area (Å²) in [6.45, 7) is 0.640. The van der Waals surface area contributed by atoms with Gasteiger partial charge in [0, 0.05) is 34.1 Å². The van der Waals surface area contributed by atoms with Crippen LogP contribution in [-0.4, -0.2) is 27.6 Å². The zero-order valence-electron chi connectivity index (χ0n) is 15.5. The smallest absolute Gasteiger partial charge is 0.259 e. The monoisotopic (exact) mass is 381 g/mol. The Hall–Kier alpha value is -3.64. The molecule has 1 fully saturated rings. The highest BCUT2D eigenvalue weighted by Gasteiger charge is 2.38. The first-order chi connectivity index (χ1) is 14.2. The van der Waals surface area contributed by atoms with E-state index in [0.717, 1.165) is 43.6 Å². The molecule has 0 bridgehead atoms. The number of ether oxygens (including phenoxy) is 1. The Labute approximate surface area is 164 Å². The number of hydrogen-bond acceptors (Lipinski definition) is 3. The van der Waals surface area contributed by atoms with Gasteiger partial charge in [0.15, 0.2) is 6.23 Å². The lowest BCUT2D eigenvalue weighted by atomic mass is 9.96. The van der Waals surface area contributed by atoms with Crippen molar-refractivity contribution in [2.45, 2.75) is 6.23 Å². The van der Waals surface area contributed by atoms with E-state index >= 15 is 0 Å². The summed E-state index contributed by atoms with van der Waals surface area (Å²) in [6, 6.07) is 16.0. The fourth-order valence-corrected chi connectivity index (χ4v) is 5.10. The molecule has 0 spiro atoms. The highest BCUT2D eigenvalue weighted by Crippen LogP contribution is 2.46. The van der Waals surface area contributed by atoms with Crippen LogP contribution in [0.3, 0.4) is 0 Å². The number of para-hydroxylation sites is 2. The van der Waals surface area contributed by atoms with Crippen LogP contribution < -0.4 is 5.32 Å². The zero-order chi connectivity index (χ0) is 19.4. The van der Waals surface area contributed by atoms with Gasteiger partial charge in [0.05, 0.1) is 34.3 Å². The number of amides is 2. The van der Waals surface area contributed by atoms with Crippen LogP contribution in [0.25, 0.3) is 43.6 Å². The van der Waals surface area contributed by atoms with Gasteiger partial charge in [-0.1, -0.05) is 36.4 Å². The Morgan fingerprint density at radius 2 is 1.41 bits per heavy atom. The quantitative estimate of drug-likeness (QED) is 0.354. The van der Waals surface area contributed by atoms with Crippen molar-refractivity contribution < 1.29 is 14.3 Å². The van der Waals surface area contributed by atoms with Gasteiger partial charge < -0.3 is 13.9 Å². The number of epoxide rings is 1. The van der Waals surface area contributed by atoms with E-state index in [1.54, 1.807) is 0 Å². The minimum absolute atomic E-state index is 0.0585. The summed E-state index contributed by atoms with van der Waals surface area (Å²) in [6.07, 6.45) is -0.0585. The molecule has 2 aliphatic rings. The summed E-state index contributed by atoms with van der Waals surface area (Å²) in [5, 5.41) is 6.13. The third kappa shape index (κ3) is 1.67. The van der Waals surface area contributed by atoms with Crippen LogP contribution in [0.5, 0.6) is 0 Å². The minimum Gasteiger partial charge on any atom is -0.351 e. The summed E-state index contributed by atoms with van der Waals surface area (Å²) >= 11 is 0. The first-order valence-electron chi connectivity index (χ1n) is 9.60. The van der Waals surface area contributed by atoms with Crippen molar-refractivity contribution in [1.29, 1.82) is 0 Å². The summed E-state index contributed by atoms with van der Waals surface area (Å²) in [7, 11) is 2.01. The summed E-state index contributed by atoms with van der Waals surface area (Å²) in [5.41, 5.74) is 4.90. The predicted octanol–water partition coefficient (Wildman–Crippen LogP) is 3.85. The lowest BCUT2D eigenvalue weighted by Crippen LogP contribution is -2.20. The van der Waals surface area contributed by atoms with Crippen molar-refractivity contribution in [3.63, 3.8) is 0 Å². The minimum atomic E-state index is -0.329. The number of carbonyl (C=O) groups excluding carboxylic acids is 2. The van der Waals surface area contributed by atoms with Gasteiger partial charge in [0.2, 0.25) is 0 Å². The molecule has 1 unspecified atom stereocenters. The number of carbonyl (C=O) groups is 2. The van der Waals surface area contributed by atoms with Crippen LogP contribution in [0, 0.1) is 0 Å². The van der Waals surface area contributed by atoms with Crippen LogP contribution in [0.15, 0.2) is 48.5 Å². The van der Waals surface area contributed by atoms with E-state index in [1.165, 1.54) is 0 Å². The van der Waals surface area contributed by atoms with Gasteiger partial charge in [-0.3, -0.25) is 14.9 Å². The second-order valence-corrected chi connectivity index (χ2v) is 7.73. The topological polar surface area (TPSA) is 68.6 Å². The maximum absolute atomic E-state index is 12.9. The van der Waals surface area contributed by atoms with Gasteiger partial charge in [0.25, 0.3) is 11.8 Å². The average molecular weight is 381 g/mol. The number of imide groups is 1. The molecule has 3 aromatic carbocycles. The van der Waals surface area contributed by atoms with Crippen LogP contribution >= 0.6 is 0 Å². The zero-order valence-corrected chi connectivity index (χ0v) is 15.5. The Morgan fingerprint density at radius 1 is 0.862 bits per heavy atom. The van der Waals surface area contributed by atoms with Gasteiger partial charge in [0.1, 0.15) is 0 Å². The van der Waals surface area contributed by atoms with E-state index in [1.807, 2.05) is 55.6 Å². The molecule has 6 nitrogen and oxygen atoms in total. The van der Waals surface area contributed by atoms with Crippen LogP contribution in [0.1, 0.15) is 26.9 Å². The summed E-state index contributed by atoms with van der Waals surface area (Å²) < 4.78 is 9.99. The van der Waals surface area contributed by atoms with Crippen molar-refractivity contribution in [2.75, 3.05) is 6.61 Å². The average Bonchev–Trinajstić information content (AvgIpc) is 3.37. The summed E-state index contributed by atoms with van der Waals surface area (Å²) in [5.74, 6) is -0.655. The number of fused-ring (bicyclic) bond motifs is 10. The van der Waals surface area contributed by atoms with Gasteiger partial charge in [-0.15, -0.1) is 0 Å². The van der Waals surface area contributed by atoms with Gasteiger partial charge in [-0.25, -0.2) is 0 Å². The maximum atomic E-state index is 12.9. The molecular formula is C23H15N3O3. The number of rotatable bonds is 1. The molecular weight excluding hydrogens is 366 g/mol. The van der Waals surface area contributed by atoms with Gasteiger partial charge in [-0.2, -0.15) is 0 Å². The van der Waals surface area contributed by atoms with E-state index in [4.69, 9.17) is 4.74 Å². The fraction of sp³-hybridized carbons (Fsp3) is 0.130. The molecule has 2 aliphatic heterocycles. The molecule has 140 valence electrons. The number of hydrogen-bond donors (Lipinski definition) is 1. The van der Waals surface area contributed by atoms with E-state index < -0.39 is 0 Å². The van der Waals surface area contributed by atoms with Crippen molar-refractivity contribution in [1.82, 2.24) is 14.5 Å². The van der Waals surface area contributed by atoms with E-state index in [0.29, 0.717) is 17.7 Å². The fourth-order valence-electron chi connectivity index (χ4n) is 5.10. The Bertz CT molecular complexity index is 1580. The number of nitrogens with zero attached hydrogens (tertiary/aromatic N) is 2. The van der Waals surface area contributed by atoms with Crippen LogP contribution in [-0.2, 0) is 11.8 Å². The Balaban J connectivity index is 1.92. The van der Waals surface area contributed by atoms with Gasteiger partial charge in [-0.05, 0) is 12.1 Å². The highest BCUT2D eigenvalue weighted by atomic mass is 16.6. The molecule has 5 aromatic rings. The normalized spacial score (nSPS) is 18.3. The van der Waals surface area contributed by atoms with E-state index in [-0.39, 0.29) is 18.0 Å². The third-order valence-corrected chi connectivity index (χ3v) is 6.28. The van der Waals surface area contributed by atoms with Crippen molar-refractivity contribution in [3.8, 4) is 0 Å². The molecule has 4 heterocycles. The Morgan fingerprint density at radius 3 is 2.07 bits per heavy atom. The standard InChI is InChI=1S/C23H15N3O3/c1-25-13-8-4-2-6-11(13)16-18-19(23(28)24-22(18)27)17-12-7-3-5-9-14(12)26(15-10-29-15)21(17)20(16)25/h2-9,15H,10H2,1H3,(H,24,27,28). The number of nitrogens with one attached hydrogen (secondary N) is 1. The molecule has 1 N–H and O–H groups in total. The first-order valence-corrected chi connectivity index (χ1v) is 9.60. The third-order valence-electron chi connectivity index (χ3n) is 6.28. The SMILES string of the molecule is Cn1c2ccccc2c2c3c(c4c5ccccc5n(C5CO5)c4c21)C(=O)NC3=O. The maximum Gasteiger partial charge on any atom is 0.259 e. The van der Waals surface area contributed by atoms with E-state index in [2.05, 4.69) is 14.5 Å². The lowest BCUT2D eigenvalue weighted by Gasteiger charge is -2.09. The second-order valence-electron chi connectivity index (χ2n) is 7.73. The van der Waals surface area contributed by atoms with Crippen molar-refractivity contribution in [2.24, 2.45) is 7.05 Å². The van der Waals surface area contributed by atoms with Gasteiger partial charge >= 0.3 is 0 Å². The predicted molar refractivity (Wildman–Crippen MR) is 110 cm³/mol. The lowest BCUT2D eigenvalue weighted by molar-refractivity contribution is 0.0880. The number of aromatic nitrogens is 2. The molecule has 0 radical (unpaired) electrons.